The van der Waals surface area contributed by atoms with Gasteiger partial charge in [-0.1, -0.05) is 62.2 Å². The highest BCUT2D eigenvalue weighted by atomic mass is 79.9. The summed E-state index contributed by atoms with van der Waals surface area (Å²) in [7, 11) is 0. The topological polar surface area (TPSA) is 66.5 Å². The fraction of sp³-hybridized carbons (Fsp3) is 0.526. The van der Waals surface area contributed by atoms with Crippen LogP contribution < -0.4 is 5.32 Å². The maximum Gasteiger partial charge on any atom is 0.243 e. The van der Waals surface area contributed by atoms with Gasteiger partial charge in [0.05, 0.1) is 11.8 Å². The zero-order valence-electron chi connectivity index (χ0n) is 14.3. The maximum absolute atomic E-state index is 12.9. The molecule has 7 heteroatoms. The molecule has 4 rings (SSSR count). The third kappa shape index (κ3) is 2.66. The SMILES string of the molecule is C[C@@H](C(=O)NCc1ccccc1)N1C(=O)[C@H]2[C@@H]3C[C@H]([C@@H](Br)[C@H]3Br)[C@@H]2C1=O. The molecular formula is C19H20Br2N2O3. The number of carbonyl (C=O) groups excluding carboxylic acids is 3. The lowest BCUT2D eigenvalue weighted by molar-refractivity contribution is -0.148. The lowest BCUT2D eigenvalue weighted by Crippen LogP contribution is -2.48. The van der Waals surface area contributed by atoms with E-state index in [0.29, 0.717) is 6.54 Å². The fourth-order valence-corrected chi connectivity index (χ4v) is 6.68. The summed E-state index contributed by atoms with van der Waals surface area (Å²) in [6.07, 6.45) is 0.890. The third-order valence-electron chi connectivity index (χ3n) is 6.10. The Hall–Kier alpha value is -1.21. The third-order valence-corrected chi connectivity index (χ3v) is 9.30. The summed E-state index contributed by atoms with van der Waals surface area (Å²) in [5.41, 5.74) is 0.978. The van der Waals surface area contributed by atoms with Crippen molar-refractivity contribution in [2.75, 3.05) is 0 Å². The maximum atomic E-state index is 12.9. The van der Waals surface area contributed by atoms with Crippen LogP contribution >= 0.6 is 31.9 Å². The second-order valence-corrected chi connectivity index (χ2v) is 9.54. The zero-order chi connectivity index (χ0) is 18.6. The molecule has 1 saturated heterocycles. The van der Waals surface area contributed by atoms with Gasteiger partial charge in [0.25, 0.3) is 0 Å². The number of likely N-dealkylation sites (tertiary alicyclic amines) is 1. The van der Waals surface area contributed by atoms with E-state index in [1.165, 1.54) is 4.90 Å². The first kappa shape index (κ1) is 18.2. The van der Waals surface area contributed by atoms with Crippen LogP contribution in [0.5, 0.6) is 0 Å². The summed E-state index contributed by atoms with van der Waals surface area (Å²) in [4.78, 5) is 40.1. The van der Waals surface area contributed by atoms with Crippen LogP contribution in [0.3, 0.4) is 0 Å². The molecule has 2 bridgehead atoms. The molecule has 3 fully saturated rings. The molecule has 1 N–H and O–H groups in total. The van der Waals surface area contributed by atoms with Crippen molar-refractivity contribution in [2.24, 2.45) is 23.7 Å². The van der Waals surface area contributed by atoms with E-state index in [9.17, 15) is 14.4 Å². The molecule has 3 amide bonds. The fourth-order valence-electron chi connectivity index (χ4n) is 4.80. The van der Waals surface area contributed by atoms with Gasteiger partial charge >= 0.3 is 0 Å². The minimum Gasteiger partial charge on any atom is -0.350 e. The van der Waals surface area contributed by atoms with Crippen molar-refractivity contribution < 1.29 is 14.4 Å². The quantitative estimate of drug-likeness (QED) is 0.528. The number of rotatable bonds is 4. The van der Waals surface area contributed by atoms with Gasteiger partial charge < -0.3 is 5.32 Å². The predicted octanol–water partition coefficient (Wildman–Crippen LogP) is 2.47. The molecule has 1 aliphatic heterocycles. The van der Waals surface area contributed by atoms with Gasteiger partial charge in [-0.05, 0) is 30.7 Å². The summed E-state index contributed by atoms with van der Waals surface area (Å²) < 4.78 is 0. The largest absolute Gasteiger partial charge is 0.350 e. The van der Waals surface area contributed by atoms with Gasteiger partial charge in [-0.25, -0.2) is 0 Å². The number of hydrogen-bond acceptors (Lipinski definition) is 3. The van der Waals surface area contributed by atoms with E-state index in [0.717, 1.165) is 12.0 Å². The van der Waals surface area contributed by atoms with E-state index in [4.69, 9.17) is 0 Å². The molecule has 1 aromatic rings. The van der Waals surface area contributed by atoms with E-state index < -0.39 is 6.04 Å². The standard InChI is InChI=1S/C19H20Br2N2O3/c1-9(17(24)22-8-10-5-3-2-4-6-10)23-18(25)13-11-7-12(14(13)19(23)26)16(21)15(11)20/h2-6,9,11-16H,7-8H2,1H3,(H,22,24)/t9-,11-,12-,13-,14-,15-,16+/m0/s1. The van der Waals surface area contributed by atoms with Crippen molar-refractivity contribution in [3.8, 4) is 0 Å². The highest BCUT2D eigenvalue weighted by Gasteiger charge is 2.67. The zero-order valence-corrected chi connectivity index (χ0v) is 17.4. The van der Waals surface area contributed by atoms with Crippen LogP contribution in [0.15, 0.2) is 30.3 Å². The first-order chi connectivity index (χ1) is 12.4. The molecule has 0 spiro atoms. The van der Waals surface area contributed by atoms with Crippen LogP contribution in [-0.2, 0) is 20.9 Å². The average molecular weight is 484 g/mol. The highest BCUT2D eigenvalue weighted by molar-refractivity contribution is 9.12. The predicted molar refractivity (Wildman–Crippen MR) is 104 cm³/mol. The van der Waals surface area contributed by atoms with E-state index in [1.807, 2.05) is 30.3 Å². The Morgan fingerprint density at radius 3 is 2.19 bits per heavy atom. The molecule has 2 aliphatic carbocycles. The van der Waals surface area contributed by atoms with E-state index >= 15 is 0 Å². The Morgan fingerprint density at radius 2 is 1.65 bits per heavy atom. The van der Waals surface area contributed by atoms with Crippen molar-refractivity contribution in [1.82, 2.24) is 10.2 Å². The summed E-state index contributed by atoms with van der Waals surface area (Å²) in [6.45, 7) is 2.02. The van der Waals surface area contributed by atoms with Gasteiger partial charge in [-0.2, -0.15) is 0 Å². The molecule has 0 aromatic heterocycles. The Balaban J connectivity index is 1.47. The Morgan fingerprint density at radius 1 is 1.12 bits per heavy atom. The number of carbonyl (C=O) groups is 3. The first-order valence-electron chi connectivity index (χ1n) is 8.88. The lowest BCUT2D eigenvalue weighted by atomic mass is 9.81. The number of benzene rings is 1. The molecule has 2 saturated carbocycles. The molecule has 5 nitrogen and oxygen atoms in total. The molecule has 1 heterocycles. The monoisotopic (exact) mass is 482 g/mol. The summed E-state index contributed by atoms with van der Waals surface area (Å²) in [6, 6.07) is 8.78. The minimum absolute atomic E-state index is 0.162. The number of hydrogen-bond donors (Lipinski definition) is 1. The number of nitrogens with one attached hydrogen (secondary N) is 1. The van der Waals surface area contributed by atoms with Crippen LogP contribution in [0.2, 0.25) is 0 Å². The van der Waals surface area contributed by atoms with Crippen LogP contribution in [0.4, 0.5) is 0 Å². The second-order valence-electron chi connectivity index (χ2n) is 7.43. The van der Waals surface area contributed by atoms with Crippen LogP contribution in [0.1, 0.15) is 18.9 Å². The average Bonchev–Trinajstić information content (AvgIpc) is 3.25. The summed E-state index contributed by atoms with van der Waals surface area (Å²) >= 11 is 7.35. The van der Waals surface area contributed by atoms with Crippen molar-refractivity contribution >= 4 is 49.6 Å². The first-order valence-corrected chi connectivity index (χ1v) is 10.7. The molecule has 7 atom stereocenters. The normalized spacial score (nSPS) is 36.3. The number of alkyl halides is 2. The molecule has 3 aliphatic rings. The van der Waals surface area contributed by atoms with Gasteiger partial charge in [-0.3, -0.25) is 19.3 Å². The van der Waals surface area contributed by atoms with Gasteiger partial charge in [0.2, 0.25) is 17.7 Å². The smallest absolute Gasteiger partial charge is 0.243 e. The molecule has 1 aromatic carbocycles. The Labute approximate surface area is 169 Å². The molecule has 0 unspecified atom stereocenters. The van der Waals surface area contributed by atoms with Crippen molar-refractivity contribution in [3.63, 3.8) is 0 Å². The van der Waals surface area contributed by atoms with Crippen molar-refractivity contribution in [3.05, 3.63) is 35.9 Å². The number of nitrogens with zero attached hydrogens (tertiary/aromatic N) is 1. The van der Waals surface area contributed by atoms with Gasteiger partial charge in [-0.15, -0.1) is 0 Å². The van der Waals surface area contributed by atoms with Gasteiger partial charge in [0, 0.05) is 16.2 Å². The Kier molecular flexibility index (Phi) is 4.72. The van der Waals surface area contributed by atoms with E-state index in [2.05, 4.69) is 37.2 Å². The number of fused-ring (bicyclic) bond motifs is 5. The molecule has 0 radical (unpaired) electrons. The molecule has 26 heavy (non-hydrogen) atoms. The van der Waals surface area contributed by atoms with Gasteiger partial charge in [0.1, 0.15) is 6.04 Å². The minimum atomic E-state index is -0.786. The van der Waals surface area contributed by atoms with Crippen LogP contribution in [-0.4, -0.2) is 38.3 Å². The number of halogens is 2. The lowest BCUT2D eigenvalue weighted by Gasteiger charge is -2.28. The van der Waals surface area contributed by atoms with Crippen molar-refractivity contribution in [1.29, 1.82) is 0 Å². The highest BCUT2D eigenvalue weighted by Crippen LogP contribution is 2.60. The van der Waals surface area contributed by atoms with Gasteiger partial charge in [0.15, 0.2) is 0 Å². The summed E-state index contributed by atoms with van der Waals surface area (Å²) in [5, 5.41) is 2.83. The molecule has 138 valence electrons. The number of imide groups is 1. The summed E-state index contributed by atoms with van der Waals surface area (Å²) in [5.74, 6) is -0.901. The van der Waals surface area contributed by atoms with E-state index in [1.54, 1.807) is 6.92 Å². The van der Waals surface area contributed by atoms with Crippen molar-refractivity contribution in [2.45, 2.75) is 35.6 Å². The van der Waals surface area contributed by atoms with E-state index in [-0.39, 0.29) is 51.0 Å². The molecular weight excluding hydrogens is 464 g/mol. The van der Waals surface area contributed by atoms with Crippen LogP contribution in [0.25, 0.3) is 0 Å². The van der Waals surface area contributed by atoms with Crippen LogP contribution in [0, 0.1) is 23.7 Å². The Bertz CT molecular complexity index is 724. The second kappa shape index (κ2) is 6.75. The number of amides is 3.